The maximum atomic E-state index is 5.15. The Morgan fingerprint density at radius 2 is 2.15 bits per heavy atom. The summed E-state index contributed by atoms with van der Waals surface area (Å²) < 4.78 is 0. The number of aliphatic imine (C=N–C) groups is 1. The summed E-state index contributed by atoms with van der Waals surface area (Å²) in [4.78, 5) is 6.17. The average molecular weight is 180 g/mol. The van der Waals surface area contributed by atoms with E-state index in [9.17, 15) is 0 Å². The van der Waals surface area contributed by atoms with Crippen LogP contribution in [0.25, 0.3) is 0 Å². The molecule has 0 amide bonds. The standard InChI is InChI=1S/C9H16N4/c1-9(8-12-3-2-10)13-6-4-11-5-7-13/h2-3,8,11H,1,4-7,10H2/b3-2-,12-8?. The highest BCUT2D eigenvalue weighted by atomic mass is 15.2. The van der Waals surface area contributed by atoms with Gasteiger partial charge in [0.1, 0.15) is 0 Å². The highest BCUT2D eigenvalue weighted by molar-refractivity contribution is 5.77. The van der Waals surface area contributed by atoms with Gasteiger partial charge < -0.3 is 16.0 Å². The Kier molecular flexibility index (Phi) is 4.05. The molecule has 4 heteroatoms. The molecule has 0 saturated carbocycles. The number of allylic oxidation sites excluding steroid dienone is 1. The number of rotatable bonds is 3. The summed E-state index contributed by atoms with van der Waals surface area (Å²) in [7, 11) is 0. The number of nitrogens with one attached hydrogen (secondary N) is 1. The number of hydrogen-bond donors (Lipinski definition) is 2. The second kappa shape index (κ2) is 5.37. The van der Waals surface area contributed by atoms with Gasteiger partial charge in [-0.1, -0.05) is 6.58 Å². The molecule has 0 bridgehead atoms. The first kappa shape index (κ1) is 9.80. The van der Waals surface area contributed by atoms with Crippen molar-refractivity contribution in [2.45, 2.75) is 0 Å². The Labute approximate surface area is 78.8 Å². The third-order valence-electron chi connectivity index (χ3n) is 1.92. The first-order chi connectivity index (χ1) is 6.34. The predicted molar refractivity (Wildman–Crippen MR) is 55.4 cm³/mol. The molecule has 0 aromatic rings. The van der Waals surface area contributed by atoms with Crippen LogP contribution in [-0.2, 0) is 0 Å². The third kappa shape index (κ3) is 3.29. The fourth-order valence-corrected chi connectivity index (χ4v) is 1.21. The van der Waals surface area contributed by atoms with Gasteiger partial charge in [-0.05, 0) is 0 Å². The quantitative estimate of drug-likeness (QED) is 0.597. The highest BCUT2D eigenvalue weighted by Gasteiger charge is 2.08. The van der Waals surface area contributed by atoms with E-state index in [0.29, 0.717) is 0 Å². The predicted octanol–water partition coefficient (Wildman–Crippen LogP) is -0.0940. The van der Waals surface area contributed by atoms with Gasteiger partial charge in [-0.2, -0.15) is 0 Å². The molecule has 0 atom stereocenters. The minimum atomic E-state index is 0.944. The summed E-state index contributed by atoms with van der Waals surface area (Å²) in [5.41, 5.74) is 6.09. The zero-order valence-electron chi connectivity index (χ0n) is 7.74. The lowest BCUT2D eigenvalue weighted by molar-refractivity contribution is 0.314. The largest absolute Gasteiger partial charge is 0.403 e. The molecule has 1 fully saturated rings. The Morgan fingerprint density at radius 3 is 2.77 bits per heavy atom. The topological polar surface area (TPSA) is 53.6 Å². The average Bonchev–Trinajstić information content (AvgIpc) is 2.19. The second-order valence-corrected chi connectivity index (χ2v) is 2.85. The molecular formula is C9H16N4. The zero-order chi connectivity index (χ0) is 9.52. The van der Waals surface area contributed by atoms with E-state index in [1.807, 2.05) is 0 Å². The van der Waals surface area contributed by atoms with Gasteiger partial charge in [0, 0.05) is 50.5 Å². The van der Waals surface area contributed by atoms with Gasteiger partial charge in [-0.3, -0.25) is 4.99 Å². The molecule has 3 N–H and O–H groups in total. The Balaban J connectivity index is 2.37. The van der Waals surface area contributed by atoms with Crippen LogP contribution in [0.5, 0.6) is 0 Å². The number of hydrogen-bond acceptors (Lipinski definition) is 4. The summed E-state index contributed by atoms with van der Waals surface area (Å²) in [5, 5.41) is 3.28. The summed E-state index contributed by atoms with van der Waals surface area (Å²) >= 11 is 0. The molecular weight excluding hydrogens is 164 g/mol. The first-order valence-electron chi connectivity index (χ1n) is 4.39. The Bertz CT molecular complexity index is 214. The van der Waals surface area contributed by atoms with Crippen molar-refractivity contribution in [3.63, 3.8) is 0 Å². The van der Waals surface area contributed by atoms with Gasteiger partial charge in [0.15, 0.2) is 0 Å². The van der Waals surface area contributed by atoms with Gasteiger partial charge in [0.05, 0.1) is 0 Å². The third-order valence-corrected chi connectivity index (χ3v) is 1.92. The van der Waals surface area contributed by atoms with Crippen molar-refractivity contribution in [3.05, 3.63) is 24.7 Å². The molecule has 13 heavy (non-hydrogen) atoms. The lowest BCUT2D eigenvalue weighted by Crippen LogP contribution is -2.42. The summed E-state index contributed by atoms with van der Waals surface area (Å²) in [6.07, 6.45) is 4.68. The van der Waals surface area contributed by atoms with Gasteiger partial charge in [-0.25, -0.2) is 0 Å². The lowest BCUT2D eigenvalue weighted by Gasteiger charge is -2.29. The second-order valence-electron chi connectivity index (χ2n) is 2.85. The van der Waals surface area contributed by atoms with Crippen LogP contribution in [0.1, 0.15) is 0 Å². The van der Waals surface area contributed by atoms with Gasteiger partial charge in [0.25, 0.3) is 0 Å². The van der Waals surface area contributed by atoms with Crippen LogP contribution in [0.4, 0.5) is 0 Å². The van der Waals surface area contributed by atoms with Crippen molar-refractivity contribution in [2.24, 2.45) is 10.7 Å². The molecule has 0 aromatic heterocycles. The van der Waals surface area contributed by atoms with E-state index in [1.54, 1.807) is 12.4 Å². The van der Waals surface area contributed by atoms with Crippen molar-refractivity contribution >= 4 is 6.21 Å². The fraction of sp³-hybridized carbons (Fsp3) is 0.444. The fourth-order valence-electron chi connectivity index (χ4n) is 1.21. The normalized spacial score (nSPS) is 18.6. The van der Waals surface area contributed by atoms with Gasteiger partial charge in [-0.15, -0.1) is 0 Å². The van der Waals surface area contributed by atoms with E-state index < -0.39 is 0 Å². The molecule has 1 heterocycles. The maximum Gasteiger partial charge on any atom is 0.0496 e. The molecule has 0 spiro atoms. The van der Waals surface area contributed by atoms with E-state index in [-0.39, 0.29) is 0 Å². The molecule has 0 unspecified atom stereocenters. The maximum absolute atomic E-state index is 5.15. The van der Waals surface area contributed by atoms with Crippen molar-refractivity contribution in [3.8, 4) is 0 Å². The number of nitrogens with two attached hydrogens (primary N) is 1. The molecule has 1 rings (SSSR count). The van der Waals surface area contributed by atoms with E-state index in [1.165, 1.54) is 6.20 Å². The molecule has 0 radical (unpaired) electrons. The minimum Gasteiger partial charge on any atom is -0.403 e. The minimum absolute atomic E-state index is 0.944. The van der Waals surface area contributed by atoms with Gasteiger partial charge in [0.2, 0.25) is 0 Å². The molecule has 72 valence electrons. The highest BCUT2D eigenvalue weighted by Crippen LogP contribution is 2.00. The van der Waals surface area contributed by atoms with Crippen molar-refractivity contribution < 1.29 is 0 Å². The van der Waals surface area contributed by atoms with Crippen LogP contribution >= 0.6 is 0 Å². The lowest BCUT2D eigenvalue weighted by atomic mass is 10.3. The van der Waals surface area contributed by atoms with Crippen LogP contribution in [-0.4, -0.2) is 37.3 Å². The van der Waals surface area contributed by atoms with Crippen molar-refractivity contribution in [2.75, 3.05) is 26.2 Å². The summed E-state index contributed by atoms with van der Waals surface area (Å²) in [5.74, 6) is 0. The molecule has 4 nitrogen and oxygen atoms in total. The van der Waals surface area contributed by atoms with Gasteiger partial charge >= 0.3 is 0 Å². The van der Waals surface area contributed by atoms with Crippen LogP contribution in [0.3, 0.4) is 0 Å². The molecule has 1 saturated heterocycles. The smallest absolute Gasteiger partial charge is 0.0496 e. The van der Waals surface area contributed by atoms with E-state index in [0.717, 1.165) is 31.9 Å². The SMILES string of the molecule is C=C(C=N/C=C\N)N1CCNCC1. The van der Waals surface area contributed by atoms with E-state index in [2.05, 4.69) is 21.8 Å². The molecule has 1 aliphatic heterocycles. The number of nitrogens with zero attached hydrogens (tertiary/aromatic N) is 2. The molecule has 1 aliphatic rings. The van der Waals surface area contributed by atoms with Crippen LogP contribution in [0, 0.1) is 0 Å². The Hall–Kier alpha value is -1.29. The monoisotopic (exact) mass is 180 g/mol. The van der Waals surface area contributed by atoms with Crippen molar-refractivity contribution in [1.82, 2.24) is 10.2 Å². The van der Waals surface area contributed by atoms with Crippen molar-refractivity contribution in [1.29, 1.82) is 0 Å². The number of piperazine rings is 1. The molecule has 0 aromatic carbocycles. The first-order valence-corrected chi connectivity index (χ1v) is 4.39. The van der Waals surface area contributed by atoms with Crippen LogP contribution in [0.2, 0.25) is 0 Å². The van der Waals surface area contributed by atoms with Crippen LogP contribution in [0.15, 0.2) is 29.7 Å². The van der Waals surface area contributed by atoms with Crippen LogP contribution < -0.4 is 11.1 Å². The summed E-state index contributed by atoms with van der Waals surface area (Å²) in [6.45, 7) is 7.95. The Morgan fingerprint density at radius 1 is 1.46 bits per heavy atom. The summed E-state index contributed by atoms with van der Waals surface area (Å²) in [6, 6.07) is 0. The van der Waals surface area contributed by atoms with E-state index in [4.69, 9.17) is 5.73 Å². The van der Waals surface area contributed by atoms with E-state index >= 15 is 0 Å². The zero-order valence-corrected chi connectivity index (χ0v) is 7.74. The molecule has 0 aliphatic carbocycles.